The Morgan fingerprint density at radius 1 is 1.36 bits per heavy atom. The molecule has 1 fully saturated rings. The topological polar surface area (TPSA) is 168 Å². The van der Waals surface area contributed by atoms with Crippen molar-refractivity contribution < 1.29 is 45.0 Å². The van der Waals surface area contributed by atoms with Gasteiger partial charge < -0.3 is 40.3 Å². The molecule has 0 saturated carbocycles. The van der Waals surface area contributed by atoms with Crippen LogP contribution in [0.2, 0.25) is 0 Å². The summed E-state index contributed by atoms with van der Waals surface area (Å²) < 4.78 is 5.10. The number of amides is 1. The Morgan fingerprint density at radius 2 is 1.96 bits per heavy atom. The molecule has 1 aliphatic rings. The van der Waals surface area contributed by atoms with Crippen LogP contribution < -0.4 is 0 Å². The minimum atomic E-state index is -2.79. The predicted molar refractivity (Wildman–Crippen MR) is 83.3 cm³/mol. The fourth-order valence-electron chi connectivity index (χ4n) is 2.93. The van der Waals surface area contributed by atoms with Gasteiger partial charge in [-0.05, 0) is 6.42 Å². The van der Waals surface area contributed by atoms with Crippen LogP contribution >= 0.6 is 0 Å². The molecule has 6 N–H and O–H groups in total. The number of unbranched alkanes of at least 4 members (excludes halogenated alkanes) is 1. The van der Waals surface area contributed by atoms with Gasteiger partial charge in [0.1, 0.15) is 18.3 Å². The van der Waals surface area contributed by atoms with Crippen LogP contribution in [0.1, 0.15) is 33.1 Å². The van der Waals surface area contributed by atoms with Gasteiger partial charge in [0.05, 0.1) is 18.8 Å². The van der Waals surface area contributed by atoms with Crippen molar-refractivity contribution >= 4 is 11.9 Å². The van der Waals surface area contributed by atoms with Gasteiger partial charge in [-0.2, -0.15) is 0 Å². The number of aliphatic hydroxyl groups is 5. The van der Waals surface area contributed by atoms with Crippen LogP contribution in [0.25, 0.3) is 0 Å². The minimum Gasteiger partial charge on any atom is -0.477 e. The van der Waals surface area contributed by atoms with E-state index in [0.717, 1.165) is 6.42 Å². The SMILES string of the molecule is CCCCN(C(C)=O)[C@H]1[C@H]([C@H](O)[C@H](O)CO)OC(O)(C(=O)O)C[C@@H]1O. The van der Waals surface area contributed by atoms with Crippen molar-refractivity contribution in [3.63, 3.8) is 0 Å². The summed E-state index contributed by atoms with van der Waals surface area (Å²) in [6, 6.07) is -1.19. The molecule has 1 rings (SSSR count). The Balaban J connectivity index is 3.24. The van der Waals surface area contributed by atoms with Crippen molar-refractivity contribution in [2.45, 2.75) is 69.4 Å². The molecule has 146 valence electrons. The summed E-state index contributed by atoms with van der Waals surface area (Å²) in [5.74, 6) is -5.01. The molecule has 0 aromatic carbocycles. The molecule has 10 heteroatoms. The number of hydrogen-bond donors (Lipinski definition) is 6. The van der Waals surface area contributed by atoms with E-state index in [2.05, 4.69) is 0 Å². The Bertz CT molecular complexity index is 474. The first-order valence-corrected chi connectivity index (χ1v) is 8.14. The molecule has 1 amide bonds. The van der Waals surface area contributed by atoms with Crippen molar-refractivity contribution in [2.75, 3.05) is 13.2 Å². The van der Waals surface area contributed by atoms with Crippen molar-refractivity contribution in [1.29, 1.82) is 0 Å². The third-order valence-corrected chi connectivity index (χ3v) is 4.32. The molecule has 1 unspecified atom stereocenters. The molecule has 25 heavy (non-hydrogen) atoms. The fraction of sp³-hybridized carbons (Fsp3) is 0.867. The van der Waals surface area contributed by atoms with Gasteiger partial charge in [-0.15, -0.1) is 0 Å². The van der Waals surface area contributed by atoms with Gasteiger partial charge in [-0.1, -0.05) is 13.3 Å². The number of nitrogens with zero attached hydrogens (tertiary/aromatic N) is 1. The van der Waals surface area contributed by atoms with E-state index in [9.17, 15) is 30.0 Å². The van der Waals surface area contributed by atoms with Crippen molar-refractivity contribution in [3.8, 4) is 0 Å². The van der Waals surface area contributed by atoms with E-state index in [1.54, 1.807) is 0 Å². The predicted octanol–water partition coefficient (Wildman–Crippen LogP) is -2.36. The quantitative estimate of drug-likeness (QED) is 0.276. The van der Waals surface area contributed by atoms with Crippen LogP contribution in [0.5, 0.6) is 0 Å². The molecule has 0 aromatic rings. The lowest BCUT2D eigenvalue weighted by molar-refractivity contribution is -0.303. The second-order valence-corrected chi connectivity index (χ2v) is 6.24. The highest BCUT2D eigenvalue weighted by atomic mass is 16.7. The van der Waals surface area contributed by atoms with Crippen molar-refractivity contribution in [1.82, 2.24) is 4.90 Å². The van der Waals surface area contributed by atoms with Crippen LogP contribution in [0.4, 0.5) is 0 Å². The van der Waals surface area contributed by atoms with Crippen LogP contribution in [0.15, 0.2) is 0 Å². The number of aliphatic hydroxyl groups excluding tert-OH is 4. The highest BCUT2D eigenvalue weighted by Crippen LogP contribution is 2.33. The van der Waals surface area contributed by atoms with E-state index in [1.165, 1.54) is 11.8 Å². The molecular formula is C15H27NO9. The van der Waals surface area contributed by atoms with E-state index in [1.807, 2.05) is 6.92 Å². The molecule has 0 aliphatic carbocycles. The van der Waals surface area contributed by atoms with Crippen LogP contribution in [-0.4, -0.2) is 96.8 Å². The molecule has 1 saturated heterocycles. The number of carboxylic acid groups (broad SMARTS) is 1. The van der Waals surface area contributed by atoms with Gasteiger partial charge in [0, 0.05) is 19.9 Å². The highest BCUT2D eigenvalue weighted by Gasteiger charge is 2.55. The molecular weight excluding hydrogens is 338 g/mol. The van der Waals surface area contributed by atoms with Crippen LogP contribution in [0, 0.1) is 0 Å². The maximum Gasteiger partial charge on any atom is 0.364 e. The largest absolute Gasteiger partial charge is 0.477 e. The Hall–Kier alpha value is -1.30. The molecule has 0 bridgehead atoms. The van der Waals surface area contributed by atoms with E-state index in [-0.39, 0.29) is 6.54 Å². The third kappa shape index (κ3) is 4.87. The zero-order chi connectivity index (χ0) is 19.4. The van der Waals surface area contributed by atoms with E-state index in [4.69, 9.17) is 14.9 Å². The van der Waals surface area contributed by atoms with Crippen LogP contribution in [0.3, 0.4) is 0 Å². The number of carbonyl (C=O) groups is 2. The van der Waals surface area contributed by atoms with E-state index >= 15 is 0 Å². The number of rotatable bonds is 8. The summed E-state index contributed by atoms with van der Waals surface area (Å²) in [6.45, 7) is 2.48. The lowest BCUT2D eigenvalue weighted by atomic mass is 9.87. The summed E-state index contributed by atoms with van der Waals surface area (Å²) >= 11 is 0. The first kappa shape index (κ1) is 21.7. The standard InChI is InChI=1S/C15H27NO9/c1-3-4-5-16(8(2)18)11-9(19)6-15(24,14(22)23)25-13(11)12(21)10(20)7-17/h9-13,17,19-21,24H,3-7H2,1-2H3,(H,22,23)/t9-,10+,11+,12+,13+,15?/m0/s1. The lowest BCUT2D eigenvalue weighted by Gasteiger charge is -2.48. The number of carbonyl (C=O) groups excluding carboxylic acids is 1. The fourth-order valence-corrected chi connectivity index (χ4v) is 2.93. The molecule has 1 aliphatic heterocycles. The van der Waals surface area contributed by atoms with Gasteiger partial charge in [0.25, 0.3) is 5.79 Å². The maximum atomic E-state index is 12.0. The third-order valence-electron chi connectivity index (χ3n) is 4.32. The molecule has 1 heterocycles. The van der Waals surface area contributed by atoms with Crippen molar-refractivity contribution in [2.24, 2.45) is 0 Å². The first-order valence-electron chi connectivity index (χ1n) is 8.14. The second-order valence-electron chi connectivity index (χ2n) is 6.24. The lowest BCUT2D eigenvalue weighted by Crippen LogP contribution is -2.68. The summed E-state index contributed by atoms with van der Waals surface area (Å²) in [6.07, 6.45) is -6.10. The zero-order valence-electron chi connectivity index (χ0n) is 14.3. The summed E-state index contributed by atoms with van der Waals surface area (Å²) in [5.41, 5.74) is 0. The monoisotopic (exact) mass is 365 g/mol. The van der Waals surface area contributed by atoms with Gasteiger partial charge in [0.2, 0.25) is 5.91 Å². The van der Waals surface area contributed by atoms with E-state index in [0.29, 0.717) is 6.42 Å². The number of aliphatic carboxylic acids is 1. The first-order chi connectivity index (χ1) is 11.6. The summed E-state index contributed by atoms with van der Waals surface area (Å²) in [7, 11) is 0. The highest BCUT2D eigenvalue weighted by molar-refractivity contribution is 5.76. The van der Waals surface area contributed by atoms with Gasteiger partial charge in [0.15, 0.2) is 0 Å². The average Bonchev–Trinajstić information content (AvgIpc) is 2.54. The molecule has 0 aromatic heterocycles. The van der Waals surface area contributed by atoms with Crippen LogP contribution in [-0.2, 0) is 14.3 Å². The van der Waals surface area contributed by atoms with Gasteiger partial charge in [-0.3, -0.25) is 4.79 Å². The minimum absolute atomic E-state index is 0.209. The molecule has 10 nitrogen and oxygen atoms in total. The molecule has 6 atom stereocenters. The number of ether oxygens (including phenoxy) is 1. The Kier molecular flexibility index (Phi) is 7.72. The number of hydrogen-bond acceptors (Lipinski definition) is 8. The smallest absolute Gasteiger partial charge is 0.364 e. The van der Waals surface area contributed by atoms with Crippen molar-refractivity contribution in [3.05, 3.63) is 0 Å². The van der Waals surface area contributed by atoms with Gasteiger partial charge in [-0.25, -0.2) is 4.79 Å². The number of carboxylic acids is 1. The second kappa shape index (κ2) is 8.88. The Labute approximate surface area is 145 Å². The maximum absolute atomic E-state index is 12.0. The summed E-state index contributed by atoms with van der Waals surface area (Å²) in [4.78, 5) is 24.5. The molecule has 0 spiro atoms. The van der Waals surface area contributed by atoms with E-state index < -0.39 is 61.1 Å². The zero-order valence-corrected chi connectivity index (χ0v) is 14.3. The Morgan fingerprint density at radius 3 is 2.40 bits per heavy atom. The normalized spacial score (nSPS) is 32.0. The van der Waals surface area contributed by atoms with Gasteiger partial charge >= 0.3 is 5.97 Å². The summed E-state index contributed by atoms with van der Waals surface area (Å²) in [5, 5.41) is 58.5. The average molecular weight is 365 g/mol. The molecule has 0 radical (unpaired) electrons.